The number of phenols is 1. The van der Waals surface area contributed by atoms with Crippen molar-refractivity contribution in [2.75, 3.05) is 0 Å². The third-order valence-corrected chi connectivity index (χ3v) is 3.30. The van der Waals surface area contributed by atoms with E-state index in [1.165, 1.54) is 0 Å². The van der Waals surface area contributed by atoms with Gasteiger partial charge in [0.05, 0.1) is 11.4 Å². The number of hydrogen-bond acceptors (Lipinski definition) is 4. The first kappa shape index (κ1) is 13.1. The van der Waals surface area contributed by atoms with Crippen molar-refractivity contribution >= 4 is 0 Å². The molecule has 0 fully saturated rings. The third kappa shape index (κ3) is 2.43. The molecule has 0 aliphatic carbocycles. The van der Waals surface area contributed by atoms with Crippen molar-refractivity contribution in [3.05, 3.63) is 52.7 Å². The van der Waals surface area contributed by atoms with Gasteiger partial charge in [0.2, 0.25) is 0 Å². The second kappa shape index (κ2) is 4.90. The summed E-state index contributed by atoms with van der Waals surface area (Å²) in [5.41, 5.74) is 2.21. The number of H-pyrrole nitrogens is 1. The number of imidazole rings is 1. The minimum Gasteiger partial charge on any atom is -0.508 e. The first-order valence-electron chi connectivity index (χ1n) is 6.43. The van der Waals surface area contributed by atoms with E-state index >= 15 is 0 Å². The average Bonchev–Trinajstić information content (AvgIpc) is 2.87. The summed E-state index contributed by atoms with van der Waals surface area (Å²) in [7, 11) is 1.85. The Hall–Kier alpha value is -2.89. The molecule has 3 aromatic rings. The Morgan fingerprint density at radius 1 is 1.29 bits per heavy atom. The highest BCUT2D eigenvalue weighted by molar-refractivity contribution is 5.66. The van der Waals surface area contributed by atoms with E-state index in [2.05, 4.69) is 15.0 Å². The molecular weight excluding hydrogens is 268 g/mol. The second-order valence-electron chi connectivity index (χ2n) is 4.85. The van der Waals surface area contributed by atoms with Gasteiger partial charge in [-0.05, 0) is 36.8 Å². The fourth-order valence-electron chi connectivity index (χ4n) is 2.17. The number of hydrogen-bond donors (Lipinski definition) is 2. The summed E-state index contributed by atoms with van der Waals surface area (Å²) < 4.78 is 1.82. The molecule has 0 saturated heterocycles. The van der Waals surface area contributed by atoms with E-state index in [9.17, 15) is 9.90 Å². The molecule has 0 aliphatic rings. The maximum Gasteiger partial charge on any atom is 0.346 e. The van der Waals surface area contributed by atoms with Gasteiger partial charge in [-0.1, -0.05) is 0 Å². The molecule has 3 rings (SSSR count). The summed E-state index contributed by atoms with van der Waals surface area (Å²) in [5, 5.41) is 9.58. The van der Waals surface area contributed by atoms with Crippen molar-refractivity contribution in [3.63, 3.8) is 0 Å². The van der Waals surface area contributed by atoms with Crippen LogP contribution >= 0.6 is 0 Å². The van der Waals surface area contributed by atoms with Gasteiger partial charge in [0, 0.05) is 25.0 Å². The highest BCUT2D eigenvalue weighted by Crippen LogP contribution is 2.25. The van der Waals surface area contributed by atoms with Crippen LogP contribution in [0.3, 0.4) is 0 Å². The molecule has 6 heteroatoms. The largest absolute Gasteiger partial charge is 0.508 e. The molecule has 2 N–H and O–H groups in total. The van der Waals surface area contributed by atoms with Gasteiger partial charge in [-0.15, -0.1) is 0 Å². The van der Waals surface area contributed by atoms with Gasteiger partial charge < -0.3 is 14.7 Å². The Morgan fingerprint density at radius 2 is 2.10 bits per heavy atom. The Morgan fingerprint density at radius 3 is 2.76 bits per heavy atom. The van der Waals surface area contributed by atoms with Crippen LogP contribution in [0.2, 0.25) is 0 Å². The number of phenolic OH excluding ortho intramolecular Hbond substituents is 1. The lowest BCUT2D eigenvalue weighted by molar-refractivity contribution is 0.471. The van der Waals surface area contributed by atoms with Gasteiger partial charge in [-0.25, -0.2) is 9.78 Å². The van der Waals surface area contributed by atoms with Crippen molar-refractivity contribution in [2.24, 2.45) is 7.05 Å². The molecule has 0 amide bonds. The Kier molecular flexibility index (Phi) is 3.06. The minimum atomic E-state index is -0.434. The van der Waals surface area contributed by atoms with Crippen molar-refractivity contribution in [3.8, 4) is 28.5 Å². The highest BCUT2D eigenvalue weighted by Gasteiger charge is 2.09. The summed E-state index contributed by atoms with van der Waals surface area (Å²) in [5.74, 6) is 0.874. The molecule has 0 bridgehead atoms. The van der Waals surface area contributed by atoms with E-state index in [0.29, 0.717) is 17.2 Å². The van der Waals surface area contributed by atoms with E-state index < -0.39 is 5.69 Å². The quantitative estimate of drug-likeness (QED) is 0.751. The van der Waals surface area contributed by atoms with Crippen LogP contribution < -0.4 is 5.69 Å². The van der Waals surface area contributed by atoms with Gasteiger partial charge in [-0.3, -0.25) is 0 Å². The number of aryl methyl sites for hydroxylation is 2. The van der Waals surface area contributed by atoms with Crippen LogP contribution in [0.5, 0.6) is 5.75 Å². The number of rotatable bonds is 2. The maximum atomic E-state index is 11.8. The van der Waals surface area contributed by atoms with Gasteiger partial charge in [0.15, 0.2) is 5.82 Å². The van der Waals surface area contributed by atoms with Crippen LogP contribution in [-0.2, 0) is 7.05 Å². The lowest BCUT2D eigenvalue weighted by atomic mass is 10.1. The van der Waals surface area contributed by atoms with Crippen LogP contribution in [0.15, 0.2) is 41.5 Å². The number of nitrogens with zero attached hydrogens (tertiary/aromatic N) is 3. The van der Waals surface area contributed by atoms with E-state index in [0.717, 1.165) is 11.1 Å². The van der Waals surface area contributed by atoms with E-state index in [1.54, 1.807) is 43.6 Å². The summed E-state index contributed by atoms with van der Waals surface area (Å²) >= 11 is 0. The Labute approximate surface area is 120 Å². The normalized spacial score (nSPS) is 10.8. The topological polar surface area (TPSA) is 83.8 Å². The van der Waals surface area contributed by atoms with Crippen molar-refractivity contribution in [1.82, 2.24) is 19.5 Å². The highest BCUT2D eigenvalue weighted by atomic mass is 16.3. The molecule has 0 radical (unpaired) electrons. The standard InChI is InChI=1S/C15H14N4O2/c1-9-7-10(3-4-13(9)20)11-8-12(18-15(21)17-11)14-16-5-6-19(14)2/h3-8,20H,1-2H3,(H,17,18,21). The molecule has 21 heavy (non-hydrogen) atoms. The smallest absolute Gasteiger partial charge is 0.346 e. The number of aromatic hydroxyl groups is 1. The zero-order chi connectivity index (χ0) is 15.0. The molecule has 0 aliphatic heterocycles. The van der Waals surface area contributed by atoms with Gasteiger partial charge >= 0.3 is 5.69 Å². The van der Waals surface area contributed by atoms with Crippen LogP contribution in [0.25, 0.3) is 22.8 Å². The van der Waals surface area contributed by atoms with Gasteiger partial charge in [-0.2, -0.15) is 4.98 Å². The van der Waals surface area contributed by atoms with Crippen molar-refractivity contribution in [1.29, 1.82) is 0 Å². The molecule has 0 unspecified atom stereocenters. The summed E-state index contributed by atoms with van der Waals surface area (Å²) in [4.78, 5) is 22.7. The lowest BCUT2D eigenvalue weighted by Gasteiger charge is -2.06. The van der Waals surface area contributed by atoms with Gasteiger partial charge in [0.1, 0.15) is 5.75 Å². The minimum absolute atomic E-state index is 0.216. The second-order valence-corrected chi connectivity index (χ2v) is 4.85. The monoisotopic (exact) mass is 282 g/mol. The maximum absolute atomic E-state index is 11.8. The Balaban J connectivity index is 2.16. The first-order valence-corrected chi connectivity index (χ1v) is 6.43. The van der Waals surface area contributed by atoms with Gasteiger partial charge in [0.25, 0.3) is 0 Å². The summed E-state index contributed by atoms with van der Waals surface area (Å²) in [6.07, 6.45) is 3.47. The predicted octanol–water partition coefficient (Wildman–Crippen LogP) is 1.85. The molecule has 1 aromatic carbocycles. The van der Waals surface area contributed by atoms with Crippen LogP contribution in [0, 0.1) is 6.92 Å². The molecule has 0 atom stereocenters. The number of aromatic nitrogens is 4. The lowest BCUT2D eigenvalue weighted by Crippen LogP contribution is -2.13. The summed E-state index contributed by atoms with van der Waals surface area (Å²) in [6.45, 7) is 1.80. The average molecular weight is 282 g/mol. The molecular formula is C15H14N4O2. The molecule has 2 heterocycles. The SMILES string of the molecule is Cc1cc(-c2cc(-c3nccn3C)[nH]c(=O)n2)ccc1O. The molecule has 0 spiro atoms. The van der Waals surface area contributed by atoms with E-state index in [-0.39, 0.29) is 5.75 Å². The van der Waals surface area contributed by atoms with Crippen LogP contribution in [-0.4, -0.2) is 24.6 Å². The van der Waals surface area contributed by atoms with Crippen molar-refractivity contribution in [2.45, 2.75) is 6.92 Å². The Bertz CT molecular complexity index is 864. The third-order valence-electron chi connectivity index (χ3n) is 3.30. The molecule has 0 saturated carbocycles. The first-order chi connectivity index (χ1) is 10.0. The van der Waals surface area contributed by atoms with E-state index in [1.807, 2.05) is 11.6 Å². The van der Waals surface area contributed by atoms with Crippen LogP contribution in [0.4, 0.5) is 0 Å². The molecule has 2 aromatic heterocycles. The summed E-state index contributed by atoms with van der Waals surface area (Å²) in [6, 6.07) is 6.88. The molecule has 6 nitrogen and oxygen atoms in total. The predicted molar refractivity (Wildman–Crippen MR) is 78.9 cm³/mol. The van der Waals surface area contributed by atoms with Crippen LogP contribution in [0.1, 0.15) is 5.56 Å². The number of nitrogens with one attached hydrogen (secondary N) is 1. The van der Waals surface area contributed by atoms with E-state index in [4.69, 9.17) is 0 Å². The zero-order valence-corrected chi connectivity index (χ0v) is 11.7. The zero-order valence-electron chi connectivity index (χ0n) is 11.7. The number of benzene rings is 1. The van der Waals surface area contributed by atoms with Crippen molar-refractivity contribution < 1.29 is 5.11 Å². The fraction of sp³-hybridized carbons (Fsp3) is 0.133. The fourth-order valence-corrected chi connectivity index (χ4v) is 2.17. The molecule has 106 valence electrons. The number of aromatic amines is 1.